The number of aliphatic imine (C=N–C) groups is 1. The first-order chi connectivity index (χ1) is 16.5. The summed E-state index contributed by atoms with van der Waals surface area (Å²) < 4.78 is 54.0. The van der Waals surface area contributed by atoms with Gasteiger partial charge in [0, 0.05) is 13.2 Å². The number of aryl methyl sites for hydroxylation is 1. The minimum absolute atomic E-state index is 0.0219. The molecule has 184 valence electrons. The van der Waals surface area contributed by atoms with E-state index in [0.717, 1.165) is 12.3 Å². The molecule has 0 aliphatic carbocycles. The molecule has 0 saturated heterocycles. The van der Waals surface area contributed by atoms with Crippen molar-refractivity contribution in [3.63, 3.8) is 0 Å². The Bertz CT molecular complexity index is 1220. The Morgan fingerprint density at radius 3 is 2.63 bits per heavy atom. The number of halogens is 5. The van der Waals surface area contributed by atoms with Crippen LogP contribution in [0.5, 0.6) is 0 Å². The molecular weight excluding hydrogens is 583 g/mol. The first-order valence-corrected chi connectivity index (χ1v) is 11.4. The topological polar surface area (TPSA) is 133 Å². The van der Waals surface area contributed by atoms with Gasteiger partial charge in [-0.3, -0.25) is 9.59 Å². The molecule has 2 aromatic rings. The smallest absolute Gasteiger partial charge is 0.395 e. The van der Waals surface area contributed by atoms with Crippen LogP contribution in [0.2, 0.25) is 0 Å². The van der Waals surface area contributed by atoms with E-state index >= 15 is 0 Å². The van der Waals surface area contributed by atoms with Gasteiger partial charge in [-0.05, 0) is 53.2 Å². The van der Waals surface area contributed by atoms with Crippen molar-refractivity contribution in [1.82, 2.24) is 10.3 Å². The molecule has 13 heteroatoms. The van der Waals surface area contributed by atoms with Crippen LogP contribution in [0.1, 0.15) is 27.9 Å². The third-order valence-electron chi connectivity index (χ3n) is 4.46. The number of pyridine rings is 1. The Morgan fingerprint density at radius 1 is 1.34 bits per heavy atom. The van der Waals surface area contributed by atoms with Gasteiger partial charge in [-0.15, -0.1) is 0 Å². The van der Waals surface area contributed by atoms with E-state index in [2.05, 4.69) is 43.2 Å². The van der Waals surface area contributed by atoms with Gasteiger partial charge in [-0.25, -0.2) is 14.4 Å². The first kappa shape index (κ1) is 27.7. The summed E-state index contributed by atoms with van der Waals surface area (Å²) in [6.07, 6.45) is -2.64. The van der Waals surface area contributed by atoms with Crippen molar-refractivity contribution in [3.05, 3.63) is 64.7 Å². The molecule has 0 bridgehead atoms. The zero-order chi connectivity index (χ0) is 26.2. The lowest BCUT2D eigenvalue weighted by Gasteiger charge is -2.16. The van der Waals surface area contributed by atoms with E-state index in [1.165, 1.54) is 25.2 Å². The molecular formula is C22H19F4IN6O2. The van der Waals surface area contributed by atoms with E-state index in [0.29, 0.717) is 22.8 Å². The number of alkyl halides is 4. The first-order valence-electron chi connectivity index (χ1n) is 9.91. The van der Waals surface area contributed by atoms with Crippen LogP contribution in [0.15, 0.2) is 47.2 Å². The van der Waals surface area contributed by atoms with Gasteiger partial charge in [0.15, 0.2) is 11.6 Å². The van der Waals surface area contributed by atoms with Crippen LogP contribution >= 0.6 is 22.6 Å². The number of carbonyl (C=O) groups excluding carboxylic acids is 2. The second-order valence-electron chi connectivity index (χ2n) is 6.90. The standard InChI is InChI=1S/C22H19F4IN6O2/c1-30-20(34)14-9-12(11-28)8-13(4-2-6-27)18(14)33-21(35)16(10-17(29)22(24,25)26)32-19-15(23)5-3-7-31-19/h3,5,7-10H,2,4,6,29H2,1H3,(H,30,34)(H,33,35). The molecule has 8 nitrogen and oxygen atoms in total. The average Bonchev–Trinajstić information content (AvgIpc) is 2.82. The molecule has 1 heterocycles. The number of benzene rings is 1. The number of hydrogen-bond donors (Lipinski definition) is 3. The van der Waals surface area contributed by atoms with Crippen LogP contribution in [-0.4, -0.2) is 40.2 Å². The van der Waals surface area contributed by atoms with Crippen LogP contribution in [0.3, 0.4) is 0 Å². The van der Waals surface area contributed by atoms with Crippen molar-refractivity contribution in [2.45, 2.75) is 19.0 Å². The van der Waals surface area contributed by atoms with E-state index in [1.807, 2.05) is 6.07 Å². The maximum atomic E-state index is 14.1. The number of nitrogens with two attached hydrogens (primary N) is 1. The average molecular weight is 602 g/mol. The van der Waals surface area contributed by atoms with Gasteiger partial charge >= 0.3 is 6.18 Å². The van der Waals surface area contributed by atoms with Crippen LogP contribution in [0.25, 0.3) is 0 Å². The molecule has 0 radical (unpaired) electrons. The lowest BCUT2D eigenvalue weighted by molar-refractivity contribution is -0.110. The molecule has 4 N–H and O–H groups in total. The SMILES string of the molecule is CNC(=O)c1cc(C#N)cc(CCCI)c1NC(=O)C(C=C(N)C(F)(F)F)=Nc1ncccc1F. The quantitative estimate of drug-likeness (QED) is 0.182. The zero-order valence-corrected chi connectivity index (χ0v) is 20.4. The number of allylic oxidation sites excluding steroid dienone is 1. The minimum Gasteiger partial charge on any atom is -0.395 e. The van der Waals surface area contributed by atoms with Crippen LogP contribution in [0.4, 0.5) is 29.1 Å². The fourth-order valence-corrected chi connectivity index (χ4v) is 3.19. The monoisotopic (exact) mass is 602 g/mol. The summed E-state index contributed by atoms with van der Waals surface area (Å²) in [5.74, 6) is -3.47. The fraction of sp³-hybridized carbons (Fsp3) is 0.227. The highest BCUT2D eigenvalue weighted by Crippen LogP contribution is 2.27. The van der Waals surface area contributed by atoms with Crippen molar-refractivity contribution in [2.24, 2.45) is 10.7 Å². The number of aromatic nitrogens is 1. The molecule has 2 amide bonds. The van der Waals surface area contributed by atoms with E-state index in [1.54, 1.807) is 0 Å². The van der Waals surface area contributed by atoms with Gasteiger partial charge in [0.05, 0.1) is 22.9 Å². The highest BCUT2D eigenvalue weighted by atomic mass is 127. The molecule has 0 atom stereocenters. The summed E-state index contributed by atoms with van der Waals surface area (Å²) in [4.78, 5) is 32.8. The predicted octanol–water partition coefficient (Wildman–Crippen LogP) is 3.94. The molecule has 0 spiro atoms. The minimum atomic E-state index is -4.99. The van der Waals surface area contributed by atoms with Crippen molar-refractivity contribution in [3.8, 4) is 6.07 Å². The van der Waals surface area contributed by atoms with Crippen LogP contribution < -0.4 is 16.4 Å². The number of nitriles is 1. The van der Waals surface area contributed by atoms with E-state index in [-0.39, 0.29) is 22.9 Å². The predicted molar refractivity (Wildman–Crippen MR) is 130 cm³/mol. The third-order valence-corrected chi connectivity index (χ3v) is 5.22. The van der Waals surface area contributed by atoms with Gasteiger partial charge < -0.3 is 16.4 Å². The van der Waals surface area contributed by atoms with E-state index in [9.17, 15) is 32.4 Å². The Hall–Kier alpha value is -3.54. The van der Waals surface area contributed by atoms with Crippen molar-refractivity contribution in [2.75, 3.05) is 16.8 Å². The lowest BCUT2D eigenvalue weighted by atomic mass is 9.98. The number of amides is 2. The maximum Gasteiger partial charge on any atom is 0.430 e. The van der Waals surface area contributed by atoms with Crippen molar-refractivity contribution in [1.29, 1.82) is 5.26 Å². The summed E-state index contributed by atoms with van der Waals surface area (Å²) in [5.41, 5.74) is 2.97. The summed E-state index contributed by atoms with van der Waals surface area (Å²) in [5, 5.41) is 14.1. The van der Waals surface area contributed by atoms with Gasteiger partial charge in [0.1, 0.15) is 11.4 Å². The largest absolute Gasteiger partial charge is 0.430 e. The summed E-state index contributed by atoms with van der Waals surface area (Å²) in [7, 11) is 1.33. The van der Waals surface area contributed by atoms with Gasteiger partial charge in [-0.2, -0.15) is 18.4 Å². The van der Waals surface area contributed by atoms with Gasteiger partial charge in [-0.1, -0.05) is 22.6 Å². The highest BCUT2D eigenvalue weighted by Gasteiger charge is 2.32. The van der Waals surface area contributed by atoms with E-state index < -0.39 is 41.0 Å². The summed E-state index contributed by atoms with van der Waals surface area (Å²) in [6.45, 7) is 0. The summed E-state index contributed by atoms with van der Waals surface area (Å²) >= 11 is 2.12. The molecule has 0 fully saturated rings. The Balaban J connectivity index is 2.67. The zero-order valence-electron chi connectivity index (χ0n) is 18.2. The Morgan fingerprint density at radius 2 is 2.06 bits per heavy atom. The molecule has 35 heavy (non-hydrogen) atoms. The normalized spacial score (nSPS) is 12.1. The summed E-state index contributed by atoms with van der Waals surface area (Å²) in [6, 6.07) is 6.82. The molecule has 0 aliphatic heterocycles. The Kier molecular flexibility index (Phi) is 9.69. The van der Waals surface area contributed by atoms with Crippen LogP contribution in [-0.2, 0) is 11.2 Å². The molecule has 2 rings (SSSR count). The Labute approximate surface area is 211 Å². The molecule has 1 aromatic heterocycles. The number of nitrogens with zero attached hydrogens (tertiary/aromatic N) is 3. The molecule has 0 unspecified atom stereocenters. The van der Waals surface area contributed by atoms with Crippen molar-refractivity contribution >= 4 is 51.6 Å². The lowest BCUT2D eigenvalue weighted by Crippen LogP contribution is -2.28. The number of hydrogen-bond acceptors (Lipinski definition) is 6. The molecule has 0 saturated carbocycles. The highest BCUT2D eigenvalue weighted by molar-refractivity contribution is 14.1. The van der Waals surface area contributed by atoms with Gasteiger partial charge in [0.25, 0.3) is 11.8 Å². The van der Waals surface area contributed by atoms with Crippen molar-refractivity contribution < 1.29 is 27.2 Å². The second kappa shape index (κ2) is 12.2. The fourth-order valence-electron chi connectivity index (χ4n) is 2.81. The number of nitrogens with one attached hydrogen (secondary N) is 2. The number of carbonyl (C=O) groups is 2. The number of anilines is 1. The van der Waals surface area contributed by atoms with Crippen LogP contribution in [0, 0.1) is 17.1 Å². The molecule has 1 aromatic carbocycles. The second-order valence-corrected chi connectivity index (χ2v) is 7.98. The maximum absolute atomic E-state index is 14.1. The number of rotatable bonds is 8. The van der Waals surface area contributed by atoms with Gasteiger partial charge in [0.2, 0.25) is 0 Å². The third kappa shape index (κ3) is 7.47. The van der Waals surface area contributed by atoms with E-state index in [4.69, 9.17) is 5.73 Å². The molecule has 0 aliphatic rings.